The molecule has 9 unspecified atom stereocenters. The largest absolute Gasteiger partial charge is 0.469 e. The average molecular weight is 1010 g/mol. The Labute approximate surface area is 414 Å². The Hall–Kier alpha value is -3.42. The van der Waals surface area contributed by atoms with Crippen LogP contribution in [0, 0.1) is 34.5 Å². The highest BCUT2D eigenvalue weighted by Gasteiger charge is 2.68. The number of aliphatic hydroxyl groups excluding tert-OH is 5. The zero-order valence-corrected chi connectivity index (χ0v) is 44.0. The Morgan fingerprint density at radius 1 is 1.09 bits per heavy atom. The van der Waals surface area contributed by atoms with Crippen LogP contribution < -0.4 is 5.32 Å². The highest BCUT2D eigenvalue weighted by Crippen LogP contribution is 2.59. The minimum Gasteiger partial charge on any atom is -0.448 e. The number of hydrogen-bond donors (Lipinski definition) is 8. The molecule has 1 aromatic rings. The SMILES string of the molecule is COCC([C@@H](O)C(O)C(=O)NCC[C@@H](C)c1nc(/C=C/CC2OC3(C[C@H](O)C2C)OC(C(C[C@H](O)C(C)[C@H](O)C(C)/C=C(C)/C(C)=C/C=C/C(C)=C/C#N)OC)[C@@H](OP(=O)(O)O)C3(C)C)co1)N(C)C. The molecule has 396 valence electrons. The Kier molecular flexibility index (Phi) is 23.5. The smallest absolute Gasteiger partial charge is 0.448 e. The third kappa shape index (κ3) is 16.3. The van der Waals surface area contributed by atoms with E-state index in [1.165, 1.54) is 26.6 Å². The molecule has 0 aromatic carbocycles. The van der Waals surface area contributed by atoms with Gasteiger partial charge in [0.05, 0.1) is 49.2 Å². The van der Waals surface area contributed by atoms with Gasteiger partial charge in [0.25, 0.3) is 5.91 Å². The van der Waals surface area contributed by atoms with Gasteiger partial charge in [-0.05, 0) is 64.9 Å². The van der Waals surface area contributed by atoms with Crippen molar-refractivity contribution in [3.63, 3.8) is 0 Å². The van der Waals surface area contributed by atoms with Crippen molar-refractivity contribution in [2.75, 3.05) is 41.5 Å². The summed E-state index contributed by atoms with van der Waals surface area (Å²) in [6, 6.07) is 1.40. The molecular formula is C50H81N4O15P. The zero-order valence-electron chi connectivity index (χ0n) is 43.1. The second-order valence-electron chi connectivity index (χ2n) is 19.9. The lowest BCUT2D eigenvalue weighted by atomic mass is 9.72. The summed E-state index contributed by atoms with van der Waals surface area (Å²) in [5, 5.41) is 67.1. The Balaban J connectivity index is 1.74. The van der Waals surface area contributed by atoms with Crippen molar-refractivity contribution >= 4 is 19.8 Å². The van der Waals surface area contributed by atoms with Gasteiger partial charge in [-0.25, -0.2) is 9.55 Å². The Morgan fingerprint density at radius 3 is 2.36 bits per heavy atom. The maximum Gasteiger partial charge on any atom is 0.469 e. The first-order valence-corrected chi connectivity index (χ1v) is 25.4. The number of hydrogen-bond acceptors (Lipinski definition) is 16. The summed E-state index contributed by atoms with van der Waals surface area (Å²) in [5.41, 5.74) is 1.87. The van der Waals surface area contributed by atoms with E-state index in [2.05, 4.69) is 10.3 Å². The molecule has 19 nitrogen and oxygen atoms in total. The van der Waals surface area contributed by atoms with Crippen molar-refractivity contribution in [2.45, 2.75) is 161 Å². The summed E-state index contributed by atoms with van der Waals surface area (Å²) in [6.45, 7) is 16.6. The number of nitriles is 1. The van der Waals surface area contributed by atoms with Crippen LogP contribution in [-0.4, -0.2) is 159 Å². The maximum atomic E-state index is 12.6. The number of aromatic nitrogens is 1. The monoisotopic (exact) mass is 1010 g/mol. The lowest BCUT2D eigenvalue weighted by Crippen LogP contribution is -2.58. The number of ether oxygens (including phenoxy) is 4. The standard InChI is InChI=1S/C50H81N4O15P/c1-29(20-22-51)16-14-17-30(2)32(4)24-33(5)42(57)35(7)38(55)25-41(65-13)45-46(69-70(61,62)63)49(8,9)50(68-45)26-39(56)34(6)40(67-50)19-15-18-36-27-66-48(53-36)31(3)21-23-52-47(60)44(59)43(58)37(28-64-12)54(10)11/h14-18,20,24,27,31,33-35,37-46,55-59H,19,21,23,25-26,28H2,1-13H3,(H,52,60)(H2,61,62,63)/b16-14+,18-15+,29-20+,30-17+,32-24+/t31-,33?,34?,35?,37?,38+,39+,40?,41?,42-,43-,44?,45?,46-,50?/m1/s1. The molecule has 1 spiro atoms. The molecule has 2 fully saturated rings. The first-order chi connectivity index (χ1) is 32.6. The van der Waals surface area contributed by atoms with Gasteiger partial charge in [0.15, 0.2) is 17.8 Å². The number of aliphatic hydroxyl groups is 5. The second kappa shape index (κ2) is 27.0. The molecule has 70 heavy (non-hydrogen) atoms. The van der Waals surface area contributed by atoms with Gasteiger partial charge < -0.3 is 68.9 Å². The van der Waals surface area contributed by atoms with Crippen LogP contribution in [0.5, 0.6) is 0 Å². The van der Waals surface area contributed by atoms with Crippen molar-refractivity contribution in [2.24, 2.45) is 23.2 Å². The number of phosphoric acid groups is 1. The van der Waals surface area contributed by atoms with E-state index in [0.717, 1.165) is 16.7 Å². The van der Waals surface area contributed by atoms with Gasteiger partial charge in [-0.2, -0.15) is 5.26 Å². The third-order valence-electron chi connectivity index (χ3n) is 14.0. The normalized spacial score (nSPS) is 27.6. The van der Waals surface area contributed by atoms with E-state index < -0.39 is 97.7 Å². The number of methoxy groups -OCH3 is 2. The van der Waals surface area contributed by atoms with Crippen LogP contribution in [0.25, 0.3) is 6.08 Å². The number of amides is 1. The first-order valence-electron chi connectivity index (χ1n) is 23.8. The molecule has 0 bridgehead atoms. The second-order valence-corrected chi connectivity index (χ2v) is 21.1. The van der Waals surface area contributed by atoms with Crippen LogP contribution in [-0.2, 0) is 32.8 Å². The van der Waals surface area contributed by atoms with E-state index in [1.54, 1.807) is 45.8 Å². The summed E-state index contributed by atoms with van der Waals surface area (Å²) in [7, 11) is 1.12. The zero-order chi connectivity index (χ0) is 52.9. The van der Waals surface area contributed by atoms with Crippen molar-refractivity contribution in [3.8, 4) is 6.07 Å². The topological polar surface area (TPSA) is 287 Å². The van der Waals surface area contributed by atoms with Crippen LogP contribution in [0.4, 0.5) is 0 Å². The third-order valence-corrected chi connectivity index (χ3v) is 14.5. The molecule has 3 rings (SSSR count). The van der Waals surface area contributed by atoms with Gasteiger partial charge in [0, 0.05) is 68.8 Å². The van der Waals surface area contributed by atoms with Gasteiger partial charge in [-0.15, -0.1) is 0 Å². The molecule has 1 amide bonds. The van der Waals surface area contributed by atoms with E-state index in [1.807, 2.05) is 78.0 Å². The van der Waals surface area contributed by atoms with Crippen LogP contribution >= 0.6 is 7.82 Å². The number of phosphoric ester groups is 1. The fraction of sp³-hybridized carbons (Fsp3) is 0.700. The quantitative estimate of drug-likeness (QED) is 0.0355. The summed E-state index contributed by atoms with van der Waals surface area (Å²) in [6.07, 6.45) is 4.10. The van der Waals surface area contributed by atoms with Crippen molar-refractivity contribution in [1.29, 1.82) is 5.26 Å². The highest BCUT2D eigenvalue weighted by molar-refractivity contribution is 7.46. The van der Waals surface area contributed by atoms with Crippen LogP contribution in [0.1, 0.15) is 105 Å². The van der Waals surface area contributed by atoms with Gasteiger partial charge in [0.2, 0.25) is 0 Å². The molecular weight excluding hydrogens is 928 g/mol. The fourth-order valence-electron chi connectivity index (χ4n) is 8.96. The summed E-state index contributed by atoms with van der Waals surface area (Å²) < 4.78 is 48.2. The average Bonchev–Trinajstić information content (AvgIpc) is 3.84. The van der Waals surface area contributed by atoms with Crippen molar-refractivity contribution in [1.82, 2.24) is 15.2 Å². The summed E-state index contributed by atoms with van der Waals surface area (Å²) in [5.74, 6) is -3.63. The van der Waals surface area contributed by atoms with Crippen LogP contribution in [0.2, 0.25) is 0 Å². The molecule has 8 N–H and O–H groups in total. The molecule has 1 aromatic heterocycles. The molecule has 0 radical (unpaired) electrons. The number of allylic oxidation sites excluding steroid dienone is 7. The van der Waals surface area contributed by atoms with Crippen LogP contribution in [0.15, 0.2) is 63.9 Å². The fourth-order valence-corrected chi connectivity index (χ4v) is 9.64. The lowest BCUT2D eigenvalue weighted by Gasteiger charge is -2.50. The lowest BCUT2D eigenvalue weighted by molar-refractivity contribution is -0.334. The molecule has 3 heterocycles. The predicted molar refractivity (Wildman–Crippen MR) is 262 cm³/mol. The molecule has 20 heteroatoms. The highest BCUT2D eigenvalue weighted by atomic mass is 31.2. The number of nitrogens with one attached hydrogen (secondary N) is 1. The Bertz CT molecular complexity index is 2080. The summed E-state index contributed by atoms with van der Waals surface area (Å²) >= 11 is 0. The first kappa shape index (κ1) is 60.9. The van der Waals surface area contributed by atoms with E-state index in [0.29, 0.717) is 18.0 Å². The number of oxazole rings is 1. The van der Waals surface area contributed by atoms with Crippen molar-refractivity contribution < 1.29 is 72.6 Å². The van der Waals surface area contributed by atoms with Crippen LogP contribution in [0.3, 0.4) is 0 Å². The minimum atomic E-state index is -5.15. The Morgan fingerprint density at radius 2 is 1.76 bits per heavy atom. The van der Waals surface area contributed by atoms with E-state index in [4.69, 9.17) is 33.2 Å². The molecule has 2 aliphatic rings. The minimum absolute atomic E-state index is 0.0645. The van der Waals surface area contributed by atoms with Crippen molar-refractivity contribution in [3.05, 3.63) is 71.0 Å². The molecule has 0 saturated carbocycles. The number of rotatable bonds is 26. The molecule has 0 aliphatic carbocycles. The van der Waals surface area contributed by atoms with Gasteiger partial charge in [0.1, 0.15) is 30.3 Å². The molecule has 2 saturated heterocycles. The number of nitrogens with zero attached hydrogens (tertiary/aromatic N) is 3. The van der Waals surface area contributed by atoms with Gasteiger partial charge in [-0.1, -0.05) is 77.5 Å². The summed E-state index contributed by atoms with van der Waals surface area (Å²) in [4.78, 5) is 39.2. The van der Waals surface area contributed by atoms with Gasteiger partial charge in [-0.3, -0.25) is 9.32 Å². The number of carbonyl (C=O) groups is 1. The van der Waals surface area contributed by atoms with Gasteiger partial charge >= 0.3 is 7.82 Å². The van der Waals surface area contributed by atoms with E-state index >= 15 is 0 Å². The number of likely N-dealkylation sites (N-methyl/N-ethyl adjacent to an activating group) is 1. The van der Waals surface area contributed by atoms with E-state index in [-0.39, 0.29) is 44.2 Å². The predicted octanol–water partition coefficient (Wildman–Crippen LogP) is 4.69. The maximum absolute atomic E-state index is 12.6. The molecule has 15 atom stereocenters. The number of carbonyl (C=O) groups excluding carboxylic acids is 1. The molecule has 2 aliphatic heterocycles. The van der Waals surface area contributed by atoms with E-state index in [9.17, 15) is 44.7 Å².